The van der Waals surface area contributed by atoms with E-state index in [1.165, 1.54) is 45.3 Å². The molecule has 1 spiro atoms. The predicted molar refractivity (Wildman–Crippen MR) is 72.5 cm³/mol. The molecule has 1 saturated heterocycles. The maximum Gasteiger partial charge on any atom is 0.303 e. The van der Waals surface area contributed by atoms with Crippen LogP contribution in [0.5, 0.6) is 0 Å². The van der Waals surface area contributed by atoms with Crippen molar-refractivity contribution in [3.05, 3.63) is 0 Å². The van der Waals surface area contributed by atoms with Gasteiger partial charge in [-0.2, -0.15) is 0 Å². The number of rotatable bonds is 7. The van der Waals surface area contributed by atoms with E-state index in [1.807, 2.05) is 0 Å². The first kappa shape index (κ1) is 13.9. The molecule has 2 fully saturated rings. The Kier molecular flexibility index (Phi) is 4.31. The van der Waals surface area contributed by atoms with E-state index in [9.17, 15) is 4.79 Å². The van der Waals surface area contributed by atoms with Gasteiger partial charge < -0.3 is 10.0 Å². The van der Waals surface area contributed by atoms with Crippen LogP contribution in [0.4, 0.5) is 0 Å². The van der Waals surface area contributed by atoms with Crippen molar-refractivity contribution in [3.8, 4) is 0 Å². The van der Waals surface area contributed by atoms with Gasteiger partial charge in [-0.15, -0.1) is 0 Å². The summed E-state index contributed by atoms with van der Waals surface area (Å²) in [7, 11) is 0. The van der Waals surface area contributed by atoms with Crippen LogP contribution in [0.15, 0.2) is 0 Å². The molecule has 0 bridgehead atoms. The highest BCUT2D eigenvalue weighted by Gasteiger charge is 2.46. The molecule has 0 radical (unpaired) electrons. The fraction of sp³-hybridized carbons (Fsp3) is 0.933. The lowest BCUT2D eigenvalue weighted by molar-refractivity contribution is -0.137. The number of likely N-dealkylation sites (tertiary alicyclic amines) is 1. The number of carboxylic acids is 1. The van der Waals surface area contributed by atoms with Crippen molar-refractivity contribution >= 4 is 5.97 Å². The van der Waals surface area contributed by atoms with Crippen LogP contribution in [0.1, 0.15) is 52.4 Å². The fourth-order valence-corrected chi connectivity index (χ4v) is 3.52. The number of nitrogens with zero attached hydrogens (tertiary/aromatic N) is 1. The van der Waals surface area contributed by atoms with Crippen molar-refractivity contribution in [2.24, 2.45) is 17.3 Å². The molecule has 1 saturated carbocycles. The third kappa shape index (κ3) is 3.25. The van der Waals surface area contributed by atoms with Gasteiger partial charge in [-0.3, -0.25) is 4.79 Å². The molecule has 2 rings (SSSR count). The largest absolute Gasteiger partial charge is 0.481 e. The van der Waals surface area contributed by atoms with E-state index in [0.717, 1.165) is 6.42 Å². The second-order valence-corrected chi connectivity index (χ2v) is 6.79. The molecule has 1 atom stereocenters. The van der Waals surface area contributed by atoms with E-state index >= 15 is 0 Å². The summed E-state index contributed by atoms with van der Waals surface area (Å²) in [6, 6.07) is 0. The maximum absolute atomic E-state index is 10.7. The minimum atomic E-state index is -0.655. The van der Waals surface area contributed by atoms with Gasteiger partial charge in [0.1, 0.15) is 0 Å². The van der Waals surface area contributed by atoms with E-state index in [4.69, 9.17) is 5.11 Å². The molecule has 3 heteroatoms. The second-order valence-electron chi connectivity index (χ2n) is 6.79. The Bertz CT molecular complexity index is 289. The Balaban J connectivity index is 1.65. The van der Waals surface area contributed by atoms with E-state index in [0.29, 0.717) is 23.7 Å². The summed E-state index contributed by atoms with van der Waals surface area (Å²) in [6.07, 6.45) is 6.65. The summed E-state index contributed by atoms with van der Waals surface area (Å²) in [4.78, 5) is 13.2. The van der Waals surface area contributed by atoms with Crippen LogP contribution in [0.3, 0.4) is 0 Å². The van der Waals surface area contributed by atoms with Gasteiger partial charge in [0.15, 0.2) is 0 Å². The van der Waals surface area contributed by atoms with Gasteiger partial charge in [-0.25, -0.2) is 0 Å². The minimum absolute atomic E-state index is 0.326. The summed E-state index contributed by atoms with van der Waals surface area (Å²) in [6.45, 7) is 8.21. The fourth-order valence-electron chi connectivity index (χ4n) is 3.52. The summed E-state index contributed by atoms with van der Waals surface area (Å²) in [5, 5.41) is 8.78. The number of carboxylic acid groups (broad SMARTS) is 1. The number of aliphatic carboxylic acids is 1. The van der Waals surface area contributed by atoms with Crippen LogP contribution in [0.2, 0.25) is 0 Å². The maximum atomic E-state index is 10.7. The molecule has 1 aliphatic heterocycles. The van der Waals surface area contributed by atoms with Gasteiger partial charge in [0.2, 0.25) is 0 Å². The van der Waals surface area contributed by atoms with Crippen LogP contribution in [-0.4, -0.2) is 35.6 Å². The van der Waals surface area contributed by atoms with Crippen LogP contribution in [0.25, 0.3) is 0 Å². The Labute approximate surface area is 111 Å². The molecule has 104 valence electrons. The quantitative estimate of drug-likeness (QED) is 0.758. The molecule has 2 aliphatic rings. The average molecular weight is 253 g/mol. The third-order valence-corrected chi connectivity index (χ3v) is 5.02. The Morgan fingerprint density at radius 3 is 2.39 bits per heavy atom. The molecule has 3 nitrogen and oxygen atoms in total. The normalized spacial score (nSPS) is 23.7. The zero-order chi connectivity index (χ0) is 13.2. The first-order chi connectivity index (χ1) is 8.51. The Hall–Kier alpha value is -0.570. The lowest BCUT2D eigenvalue weighted by atomic mass is 9.63. The first-order valence-electron chi connectivity index (χ1n) is 7.45. The van der Waals surface area contributed by atoms with Crippen LogP contribution in [-0.2, 0) is 4.79 Å². The van der Waals surface area contributed by atoms with Gasteiger partial charge >= 0.3 is 5.97 Å². The predicted octanol–water partition coefficient (Wildman–Crippen LogP) is 3.00. The summed E-state index contributed by atoms with van der Waals surface area (Å²) < 4.78 is 0. The van der Waals surface area contributed by atoms with Crippen molar-refractivity contribution in [3.63, 3.8) is 0 Å². The molecule has 0 aromatic rings. The summed E-state index contributed by atoms with van der Waals surface area (Å²) in [5.74, 6) is 0.514. The lowest BCUT2D eigenvalue weighted by Gasteiger charge is -2.56. The van der Waals surface area contributed by atoms with E-state index < -0.39 is 5.97 Å². The number of carbonyl (C=O) groups is 1. The zero-order valence-corrected chi connectivity index (χ0v) is 11.8. The molecular formula is C15H27NO2. The van der Waals surface area contributed by atoms with E-state index in [2.05, 4.69) is 18.7 Å². The topological polar surface area (TPSA) is 40.5 Å². The molecule has 1 aliphatic carbocycles. The molecule has 0 aromatic carbocycles. The molecule has 1 N–H and O–H groups in total. The standard InChI is InChI=1S/C15H27NO2/c1-12(2)13(4-5-14(17)18)6-9-16-10-15(11-16)7-3-8-15/h12-13H,3-11H2,1-2H3,(H,17,18). The van der Waals surface area contributed by atoms with Gasteiger partial charge in [-0.05, 0) is 49.5 Å². The van der Waals surface area contributed by atoms with Crippen LogP contribution < -0.4 is 0 Å². The smallest absolute Gasteiger partial charge is 0.303 e. The molecule has 1 unspecified atom stereocenters. The third-order valence-electron chi connectivity index (χ3n) is 5.02. The molecule has 0 amide bonds. The van der Waals surface area contributed by atoms with Crippen molar-refractivity contribution < 1.29 is 9.90 Å². The Morgan fingerprint density at radius 2 is 1.94 bits per heavy atom. The van der Waals surface area contributed by atoms with Gasteiger partial charge in [0.05, 0.1) is 0 Å². The van der Waals surface area contributed by atoms with E-state index in [1.54, 1.807) is 0 Å². The number of hydrogen-bond donors (Lipinski definition) is 1. The first-order valence-corrected chi connectivity index (χ1v) is 7.45. The van der Waals surface area contributed by atoms with Crippen molar-refractivity contribution in [1.82, 2.24) is 4.90 Å². The van der Waals surface area contributed by atoms with Crippen molar-refractivity contribution in [2.45, 2.75) is 52.4 Å². The van der Waals surface area contributed by atoms with Crippen molar-refractivity contribution in [2.75, 3.05) is 19.6 Å². The highest BCUT2D eigenvalue weighted by atomic mass is 16.4. The molecule has 0 aromatic heterocycles. The summed E-state index contributed by atoms with van der Waals surface area (Å²) in [5.41, 5.74) is 0.717. The van der Waals surface area contributed by atoms with Gasteiger partial charge in [-0.1, -0.05) is 20.3 Å². The second kappa shape index (κ2) is 5.60. The van der Waals surface area contributed by atoms with Crippen LogP contribution >= 0.6 is 0 Å². The highest BCUT2D eigenvalue weighted by Crippen LogP contribution is 2.48. The zero-order valence-electron chi connectivity index (χ0n) is 11.8. The SMILES string of the molecule is CC(C)C(CCC(=O)O)CCN1CC2(CCC2)C1. The molecular weight excluding hydrogens is 226 g/mol. The monoisotopic (exact) mass is 253 g/mol. The van der Waals surface area contributed by atoms with Crippen LogP contribution in [0, 0.1) is 17.3 Å². The summed E-state index contributed by atoms with van der Waals surface area (Å²) >= 11 is 0. The number of hydrogen-bond acceptors (Lipinski definition) is 2. The van der Waals surface area contributed by atoms with Gasteiger partial charge in [0, 0.05) is 19.5 Å². The average Bonchev–Trinajstić information content (AvgIpc) is 2.16. The molecule has 1 heterocycles. The van der Waals surface area contributed by atoms with Crippen molar-refractivity contribution in [1.29, 1.82) is 0 Å². The Morgan fingerprint density at radius 1 is 1.28 bits per heavy atom. The minimum Gasteiger partial charge on any atom is -0.481 e. The van der Waals surface area contributed by atoms with Gasteiger partial charge in [0.25, 0.3) is 0 Å². The van der Waals surface area contributed by atoms with E-state index in [-0.39, 0.29) is 0 Å². The molecule has 18 heavy (non-hydrogen) atoms. The lowest BCUT2D eigenvalue weighted by Crippen LogP contribution is -2.59. The highest BCUT2D eigenvalue weighted by molar-refractivity contribution is 5.66.